The summed E-state index contributed by atoms with van der Waals surface area (Å²) >= 11 is 0. The summed E-state index contributed by atoms with van der Waals surface area (Å²) in [6, 6.07) is 12.9. The van der Waals surface area contributed by atoms with Gasteiger partial charge in [0.25, 0.3) is 0 Å². The van der Waals surface area contributed by atoms with Crippen molar-refractivity contribution >= 4 is 36.2 Å². The second kappa shape index (κ2) is 8.42. The SMILES string of the molecule is CC(C)(C)c1ccc(C(=O)O)c(C2=C3C=CC(=[N+]4CCC4)C=C3[Si](C)(C)c3cc(N4CCC4)ccc32)c1. The van der Waals surface area contributed by atoms with Crippen molar-refractivity contribution in [2.45, 2.75) is 52.1 Å². The third-order valence-electron chi connectivity index (χ3n) is 8.72. The molecule has 1 N–H and O–H groups in total. The Morgan fingerprint density at radius 3 is 2.32 bits per heavy atom. The highest BCUT2D eigenvalue weighted by atomic mass is 28.3. The molecule has 0 aromatic heterocycles. The quantitative estimate of drug-likeness (QED) is 0.438. The minimum Gasteiger partial charge on any atom is -0.478 e. The standard InChI is InChI=1S/C32H36N2O2Si/c1-32(2,3)21-8-11-24(31(35)36)27(18-21)30-25-12-9-22(33-14-6-15-33)19-28(25)37(4,5)29-20-23(10-13-26(29)30)34-16-7-17-34/h8-13,18-20H,6-7,14-17H2,1-5H3/p+1. The first-order valence-electron chi connectivity index (χ1n) is 13.6. The summed E-state index contributed by atoms with van der Waals surface area (Å²) in [7, 11) is -2.05. The molecular weight excluding hydrogens is 472 g/mol. The molecule has 0 amide bonds. The zero-order valence-electron chi connectivity index (χ0n) is 22.7. The third kappa shape index (κ3) is 3.86. The van der Waals surface area contributed by atoms with E-state index >= 15 is 0 Å². The highest BCUT2D eigenvalue weighted by molar-refractivity contribution is 6.98. The van der Waals surface area contributed by atoms with Gasteiger partial charge in [-0.1, -0.05) is 46.0 Å². The number of allylic oxidation sites excluding steroid dienone is 5. The summed E-state index contributed by atoms with van der Waals surface area (Å²) in [6.45, 7) is 16.0. The zero-order chi connectivity index (χ0) is 26.1. The molecule has 3 aliphatic heterocycles. The van der Waals surface area contributed by atoms with Gasteiger partial charge in [-0.25, -0.2) is 9.37 Å². The Hall–Kier alpha value is -3.18. The molecule has 4 nitrogen and oxygen atoms in total. The van der Waals surface area contributed by atoms with Gasteiger partial charge >= 0.3 is 5.97 Å². The van der Waals surface area contributed by atoms with Gasteiger partial charge in [0.05, 0.1) is 12.0 Å². The predicted molar refractivity (Wildman–Crippen MR) is 155 cm³/mol. The lowest BCUT2D eigenvalue weighted by Gasteiger charge is -2.40. The van der Waals surface area contributed by atoms with E-state index in [1.165, 1.54) is 45.8 Å². The van der Waals surface area contributed by atoms with Crippen LogP contribution in [0.5, 0.6) is 0 Å². The van der Waals surface area contributed by atoms with E-state index in [2.05, 4.69) is 85.8 Å². The second-order valence-corrected chi connectivity index (χ2v) is 16.8. The maximum atomic E-state index is 12.5. The number of anilines is 1. The van der Waals surface area contributed by atoms with Crippen LogP contribution < -0.4 is 10.1 Å². The normalized spacial score (nSPS) is 20.1. The van der Waals surface area contributed by atoms with Gasteiger partial charge in [0.2, 0.25) is 0 Å². The van der Waals surface area contributed by atoms with Gasteiger partial charge in [-0.3, -0.25) is 0 Å². The van der Waals surface area contributed by atoms with E-state index in [1.807, 2.05) is 12.1 Å². The van der Waals surface area contributed by atoms with E-state index in [9.17, 15) is 9.90 Å². The van der Waals surface area contributed by atoms with Crippen LogP contribution in [-0.4, -0.2) is 55.6 Å². The monoisotopic (exact) mass is 509 g/mol. The first kappa shape index (κ1) is 24.2. The van der Waals surface area contributed by atoms with Gasteiger partial charge in [-0.05, 0) is 80.4 Å². The molecule has 0 spiro atoms. The molecule has 2 fully saturated rings. The van der Waals surface area contributed by atoms with E-state index in [1.54, 1.807) is 0 Å². The van der Waals surface area contributed by atoms with Crippen LogP contribution in [0.1, 0.15) is 60.7 Å². The summed E-state index contributed by atoms with van der Waals surface area (Å²) in [6.07, 6.45) is 9.44. The number of nitrogens with zero attached hydrogens (tertiary/aromatic N) is 2. The molecular formula is C32H37N2O2Si+. The van der Waals surface area contributed by atoms with Gasteiger partial charge in [0.1, 0.15) is 21.2 Å². The van der Waals surface area contributed by atoms with Crippen molar-refractivity contribution < 1.29 is 14.5 Å². The highest BCUT2D eigenvalue weighted by Gasteiger charge is 2.42. The van der Waals surface area contributed by atoms with Gasteiger partial charge < -0.3 is 10.0 Å². The molecule has 3 heterocycles. The fourth-order valence-corrected chi connectivity index (χ4v) is 9.13. The lowest BCUT2D eigenvalue weighted by atomic mass is 9.81. The van der Waals surface area contributed by atoms with Crippen molar-refractivity contribution in [3.8, 4) is 0 Å². The smallest absolute Gasteiger partial charge is 0.336 e. The largest absolute Gasteiger partial charge is 0.478 e. The van der Waals surface area contributed by atoms with Crippen LogP contribution in [0.3, 0.4) is 0 Å². The van der Waals surface area contributed by atoms with E-state index in [4.69, 9.17) is 0 Å². The molecule has 190 valence electrons. The van der Waals surface area contributed by atoms with Crippen LogP contribution in [0, 0.1) is 0 Å². The van der Waals surface area contributed by atoms with Crippen LogP contribution in [0.25, 0.3) is 5.57 Å². The summed E-state index contributed by atoms with van der Waals surface area (Å²) in [4.78, 5) is 15.0. The Balaban J connectivity index is 1.66. The van der Waals surface area contributed by atoms with Crippen LogP contribution in [0.2, 0.25) is 13.1 Å². The number of carboxylic acids is 1. The van der Waals surface area contributed by atoms with Crippen LogP contribution in [0.4, 0.5) is 5.69 Å². The zero-order valence-corrected chi connectivity index (χ0v) is 23.7. The maximum Gasteiger partial charge on any atom is 0.336 e. The topological polar surface area (TPSA) is 43.5 Å². The van der Waals surface area contributed by atoms with E-state index in [-0.39, 0.29) is 5.41 Å². The number of fused-ring (bicyclic) bond motifs is 2. The molecule has 2 aromatic rings. The summed E-state index contributed by atoms with van der Waals surface area (Å²) in [5.74, 6) is -0.873. The predicted octanol–water partition coefficient (Wildman–Crippen LogP) is 5.52. The van der Waals surface area contributed by atoms with Crippen molar-refractivity contribution in [3.05, 3.63) is 87.6 Å². The van der Waals surface area contributed by atoms with Crippen molar-refractivity contribution in [1.82, 2.24) is 0 Å². The molecule has 0 bridgehead atoms. The first-order valence-corrected chi connectivity index (χ1v) is 16.6. The first-order chi connectivity index (χ1) is 17.6. The number of hydrogen-bond donors (Lipinski definition) is 1. The molecule has 4 aliphatic rings. The fraction of sp³-hybridized carbons (Fsp3) is 0.375. The van der Waals surface area contributed by atoms with Crippen molar-refractivity contribution in [2.24, 2.45) is 0 Å². The van der Waals surface area contributed by atoms with Gasteiger partial charge in [0.15, 0.2) is 5.71 Å². The average Bonchev–Trinajstić information content (AvgIpc) is 2.77. The number of rotatable bonds is 3. The molecule has 0 radical (unpaired) electrons. The number of hydrogen-bond acceptors (Lipinski definition) is 2. The van der Waals surface area contributed by atoms with Gasteiger partial charge in [-0.15, -0.1) is 0 Å². The minimum absolute atomic E-state index is 0.0799. The summed E-state index contributed by atoms with van der Waals surface area (Å²) in [5, 5.41) is 13.1. The molecule has 2 aromatic carbocycles. The Labute approximate surface area is 221 Å². The Kier molecular flexibility index (Phi) is 5.50. The minimum atomic E-state index is -2.05. The van der Waals surface area contributed by atoms with Crippen LogP contribution >= 0.6 is 0 Å². The Morgan fingerprint density at radius 2 is 1.73 bits per heavy atom. The van der Waals surface area contributed by atoms with Gasteiger partial charge in [-0.2, -0.15) is 0 Å². The molecule has 5 heteroatoms. The number of carbonyl (C=O) groups is 1. The maximum absolute atomic E-state index is 12.5. The number of carboxylic acid groups (broad SMARTS) is 1. The molecule has 0 unspecified atom stereocenters. The summed E-state index contributed by atoms with van der Waals surface area (Å²) < 4.78 is 2.46. The molecule has 0 atom stereocenters. The Bertz CT molecular complexity index is 1460. The lowest BCUT2D eigenvalue weighted by Crippen LogP contribution is -2.50. The molecule has 37 heavy (non-hydrogen) atoms. The fourth-order valence-electron chi connectivity index (χ4n) is 6.06. The van der Waals surface area contributed by atoms with E-state index in [0.717, 1.165) is 42.9 Å². The molecule has 0 saturated carbocycles. The second-order valence-electron chi connectivity index (χ2n) is 12.5. The number of benzene rings is 2. The third-order valence-corrected chi connectivity index (χ3v) is 12.2. The van der Waals surface area contributed by atoms with Crippen molar-refractivity contribution in [2.75, 3.05) is 31.1 Å². The van der Waals surface area contributed by atoms with Gasteiger partial charge in [0, 0.05) is 30.9 Å². The van der Waals surface area contributed by atoms with Crippen LogP contribution in [-0.2, 0) is 5.41 Å². The van der Waals surface area contributed by atoms with Crippen molar-refractivity contribution in [3.63, 3.8) is 0 Å². The molecule has 2 saturated heterocycles. The molecule has 1 aliphatic carbocycles. The molecule has 6 rings (SSSR count). The number of aromatic carboxylic acids is 1. The van der Waals surface area contributed by atoms with Crippen LogP contribution in [0.15, 0.2) is 65.4 Å². The van der Waals surface area contributed by atoms with E-state index < -0.39 is 14.0 Å². The van der Waals surface area contributed by atoms with E-state index in [0.29, 0.717) is 5.56 Å². The highest BCUT2D eigenvalue weighted by Crippen LogP contribution is 2.44. The Morgan fingerprint density at radius 1 is 0.973 bits per heavy atom. The lowest BCUT2D eigenvalue weighted by molar-refractivity contribution is -0.582. The summed E-state index contributed by atoms with van der Waals surface area (Å²) in [5.41, 5.74) is 8.37. The average molecular weight is 510 g/mol. The van der Waals surface area contributed by atoms with Crippen molar-refractivity contribution in [1.29, 1.82) is 0 Å².